The summed E-state index contributed by atoms with van der Waals surface area (Å²) in [6, 6.07) is 15.5. The maximum absolute atomic E-state index is 12.7. The van der Waals surface area contributed by atoms with Crippen molar-refractivity contribution in [2.75, 3.05) is 20.6 Å². The van der Waals surface area contributed by atoms with Crippen LogP contribution < -0.4 is 5.32 Å². The van der Waals surface area contributed by atoms with Crippen LogP contribution in [0, 0.1) is 0 Å². The van der Waals surface area contributed by atoms with Gasteiger partial charge in [-0.2, -0.15) is 0 Å². The number of carbonyl (C=O) groups is 1. The van der Waals surface area contributed by atoms with Gasteiger partial charge in [0, 0.05) is 45.9 Å². The Kier molecular flexibility index (Phi) is 6.59. The van der Waals surface area contributed by atoms with Gasteiger partial charge >= 0.3 is 0 Å². The van der Waals surface area contributed by atoms with Gasteiger partial charge in [-0.1, -0.05) is 43.2 Å². The Morgan fingerprint density at radius 2 is 1.82 bits per heavy atom. The Hall–Kier alpha value is -2.71. The minimum absolute atomic E-state index is 0.0140. The fraction of sp³-hybridized carbons (Fsp3) is 0.440. The summed E-state index contributed by atoms with van der Waals surface area (Å²) < 4.78 is 28.0. The number of rotatable bonds is 8. The number of imidazole rings is 1. The predicted octanol–water partition coefficient (Wildman–Crippen LogP) is 3.38. The Bertz CT molecular complexity index is 1240. The zero-order valence-electron chi connectivity index (χ0n) is 19.5. The van der Waals surface area contributed by atoms with E-state index in [1.165, 1.54) is 36.8 Å². The molecule has 1 fully saturated rings. The van der Waals surface area contributed by atoms with Gasteiger partial charge in [0.2, 0.25) is 15.9 Å². The Labute approximate surface area is 195 Å². The molecule has 1 aromatic heterocycles. The molecule has 0 aliphatic heterocycles. The fourth-order valence-corrected chi connectivity index (χ4v) is 5.74. The van der Waals surface area contributed by atoms with Crippen LogP contribution in [0.25, 0.3) is 11.0 Å². The van der Waals surface area contributed by atoms with E-state index >= 15 is 0 Å². The second kappa shape index (κ2) is 9.27. The van der Waals surface area contributed by atoms with E-state index in [0.717, 1.165) is 24.2 Å². The topological polar surface area (TPSA) is 84.3 Å². The first kappa shape index (κ1) is 23.4. The molecule has 1 saturated carbocycles. The molecule has 1 amide bonds. The third-order valence-corrected chi connectivity index (χ3v) is 8.68. The number of fused-ring (bicyclic) bond motifs is 1. The van der Waals surface area contributed by atoms with E-state index < -0.39 is 10.0 Å². The first-order chi connectivity index (χ1) is 15.7. The van der Waals surface area contributed by atoms with E-state index in [4.69, 9.17) is 0 Å². The number of benzene rings is 2. The third-order valence-electron chi connectivity index (χ3n) is 6.87. The molecule has 8 heteroatoms. The van der Waals surface area contributed by atoms with Gasteiger partial charge in [0.05, 0.1) is 15.9 Å². The van der Waals surface area contributed by atoms with E-state index in [1.54, 1.807) is 18.2 Å². The first-order valence-corrected chi connectivity index (χ1v) is 12.9. The highest BCUT2D eigenvalue weighted by Crippen LogP contribution is 2.40. The molecule has 0 spiro atoms. The van der Waals surface area contributed by atoms with Gasteiger partial charge in [-0.05, 0) is 36.6 Å². The van der Waals surface area contributed by atoms with Crippen molar-refractivity contribution in [3.8, 4) is 0 Å². The van der Waals surface area contributed by atoms with E-state index in [-0.39, 0.29) is 16.2 Å². The molecule has 0 bridgehead atoms. The molecular formula is C25H32N4O3S. The quantitative estimate of drug-likeness (QED) is 0.549. The van der Waals surface area contributed by atoms with Crippen LogP contribution in [-0.4, -0.2) is 48.8 Å². The Balaban J connectivity index is 1.43. The lowest BCUT2D eigenvalue weighted by Crippen LogP contribution is -2.39. The Morgan fingerprint density at radius 1 is 1.12 bits per heavy atom. The molecule has 33 heavy (non-hydrogen) atoms. The summed E-state index contributed by atoms with van der Waals surface area (Å²) in [6.07, 6.45) is 5.41. The monoisotopic (exact) mass is 468 g/mol. The number of hydrogen-bond acceptors (Lipinski definition) is 4. The largest absolute Gasteiger partial charge is 0.355 e. The van der Waals surface area contributed by atoms with Crippen molar-refractivity contribution in [2.24, 2.45) is 7.05 Å². The molecule has 4 rings (SSSR count). The molecular weight excluding hydrogens is 436 g/mol. The zero-order chi connectivity index (χ0) is 23.6. The molecule has 0 saturated heterocycles. The third kappa shape index (κ3) is 4.68. The average Bonchev–Trinajstić information content (AvgIpc) is 3.42. The van der Waals surface area contributed by atoms with Crippen molar-refractivity contribution in [1.82, 2.24) is 19.2 Å². The predicted molar refractivity (Wildman–Crippen MR) is 130 cm³/mol. The lowest BCUT2D eigenvalue weighted by Gasteiger charge is -2.30. The van der Waals surface area contributed by atoms with Crippen molar-refractivity contribution in [1.29, 1.82) is 0 Å². The number of aromatic nitrogens is 2. The van der Waals surface area contributed by atoms with E-state index in [0.29, 0.717) is 24.9 Å². The van der Waals surface area contributed by atoms with Crippen LogP contribution in [-0.2, 0) is 33.7 Å². The van der Waals surface area contributed by atoms with E-state index in [9.17, 15) is 13.2 Å². The second-order valence-corrected chi connectivity index (χ2v) is 11.3. The molecule has 1 heterocycles. The molecule has 1 aliphatic carbocycles. The minimum Gasteiger partial charge on any atom is -0.355 e. The maximum atomic E-state index is 12.7. The van der Waals surface area contributed by atoms with Crippen molar-refractivity contribution in [3.63, 3.8) is 0 Å². The van der Waals surface area contributed by atoms with Gasteiger partial charge < -0.3 is 9.88 Å². The van der Waals surface area contributed by atoms with Crippen molar-refractivity contribution < 1.29 is 13.2 Å². The number of sulfonamides is 1. The smallest absolute Gasteiger partial charge is 0.242 e. The van der Waals surface area contributed by atoms with Crippen LogP contribution in [0.5, 0.6) is 0 Å². The van der Waals surface area contributed by atoms with Crippen molar-refractivity contribution in [3.05, 3.63) is 59.9 Å². The summed E-state index contributed by atoms with van der Waals surface area (Å²) in [6.45, 7) is 0.657. The molecule has 176 valence electrons. The summed E-state index contributed by atoms with van der Waals surface area (Å²) in [5.41, 5.74) is 2.80. The van der Waals surface area contributed by atoms with Crippen LogP contribution in [0.1, 0.15) is 43.5 Å². The second-order valence-electron chi connectivity index (χ2n) is 9.16. The summed E-state index contributed by atoms with van der Waals surface area (Å²) in [5, 5.41) is 3.17. The summed E-state index contributed by atoms with van der Waals surface area (Å²) in [5.74, 6) is 0.776. The lowest BCUT2D eigenvalue weighted by atomic mass is 9.79. The van der Waals surface area contributed by atoms with Crippen LogP contribution in [0.4, 0.5) is 0 Å². The molecule has 0 unspecified atom stereocenters. The van der Waals surface area contributed by atoms with Gasteiger partial charge in [0.25, 0.3) is 0 Å². The van der Waals surface area contributed by atoms with Gasteiger partial charge in [0.15, 0.2) is 0 Å². The van der Waals surface area contributed by atoms with Gasteiger partial charge in [-0.25, -0.2) is 17.7 Å². The maximum Gasteiger partial charge on any atom is 0.242 e. The van der Waals surface area contributed by atoms with Crippen LogP contribution in [0.2, 0.25) is 0 Å². The van der Waals surface area contributed by atoms with Crippen molar-refractivity contribution in [2.45, 2.75) is 48.8 Å². The molecule has 7 nitrogen and oxygen atoms in total. The van der Waals surface area contributed by atoms with Crippen molar-refractivity contribution >= 4 is 27.0 Å². The molecule has 1 N–H and O–H groups in total. The normalized spacial score (nSPS) is 15.9. The molecule has 2 aromatic carbocycles. The SMILES string of the molecule is CN(C)S(=O)(=O)c1ccc2c(c1)nc(CCC(=O)NCC1(c3ccccc3)CCCC1)n2C. The van der Waals surface area contributed by atoms with Crippen LogP contribution in [0.3, 0.4) is 0 Å². The van der Waals surface area contributed by atoms with E-state index in [1.807, 2.05) is 17.7 Å². The highest BCUT2D eigenvalue weighted by molar-refractivity contribution is 7.89. The minimum atomic E-state index is -3.52. The molecule has 0 atom stereocenters. The highest BCUT2D eigenvalue weighted by Gasteiger charge is 2.35. The molecule has 1 aliphatic rings. The Morgan fingerprint density at radius 3 is 2.48 bits per heavy atom. The summed E-state index contributed by atoms with van der Waals surface area (Å²) >= 11 is 0. The number of amides is 1. The van der Waals surface area contributed by atoms with Crippen LogP contribution in [0.15, 0.2) is 53.4 Å². The lowest BCUT2D eigenvalue weighted by molar-refractivity contribution is -0.121. The van der Waals surface area contributed by atoms with Crippen LogP contribution >= 0.6 is 0 Å². The number of carbonyl (C=O) groups excluding carboxylic acids is 1. The summed E-state index contributed by atoms with van der Waals surface area (Å²) in [4.78, 5) is 17.5. The standard InChI is InChI=1S/C25H32N4O3S/c1-28(2)33(31,32)20-11-12-22-21(17-20)27-23(29(22)3)13-14-24(30)26-18-25(15-7-8-16-25)19-9-5-4-6-10-19/h4-6,9-12,17H,7-8,13-16,18H2,1-3H3,(H,26,30). The zero-order valence-corrected chi connectivity index (χ0v) is 20.4. The highest BCUT2D eigenvalue weighted by atomic mass is 32.2. The number of nitrogens with zero attached hydrogens (tertiary/aromatic N) is 3. The average molecular weight is 469 g/mol. The van der Waals surface area contributed by atoms with E-state index in [2.05, 4.69) is 34.6 Å². The number of aryl methyl sites for hydroxylation is 2. The number of nitrogens with one attached hydrogen (secondary N) is 1. The van der Waals surface area contributed by atoms with Gasteiger partial charge in [-0.3, -0.25) is 4.79 Å². The number of hydrogen-bond donors (Lipinski definition) is 1. The first-order valence-electron chi connectivity index (χ1n) is 11.4. The van der Waals surface area contributed by atoms with Gasteiger partial charge in [-0.15, -0.1) is 0 Å². The molecule has 3 aromatic rings. The summed E-state index contributed by atoms with van der Waals surface area (Å²) in [7, 11) is 1.39. The fourth-order valence-electron chi connectivity index (χ4n) is 4.82. The molecule has 0 radical (unpaired) electrons. The van der Waals surface area contributed by atoms with Gasteiger partial charge in [0.1, 0.15) is 5.82 Å².